The Morgan fingerprint density at radius 2 is 1.96 bits per heavy atom. The van der Waals surface area contributed by atoms with Gasteiger partial charge in [0.25, 0.3) is 5.91 Å². The van der Waals surface area contributed by atoms with Crippen LogP contribution >= 0.6 is 27.5 Å². The highest BCUT2D eigenvalue weighted by atomic mass is 79.9. The molecule has 0 aromatic heterocycles. The first-order valence-corrected chi connectivity index (χ1v) is 9.47. The van der Waals surface area contributed by atoms with E-state index < -0.39 is 5.97 Å². The normalized spacial score (nSPS) is 15.2. The molecule has 1 N–H and O–H groups in total. The van der Waals surface area contributed by atoms with Crippen molar-refractivity contribution >= 4 is 62.6 Å². The first kappa shape index (κ1) is 20.1. The molecule has 3 rings (SSSR count). The van der Waals surface area contributed by atoms with Crippen LogP contribution in [0.2, 0.25) is 5.02 Å². The Balaban J connectivity index is 1.95. The van der Waals surface area contributed by atoms with E-state index in [4.69, 9.17) is 11.6 Å². The molecule has 8 heteroatoms. The number of benzene rings is 2. The van der Waals surface area contributed by atoms with Gasteiger partial charge in [-0.15, -0.1) is 0 Å². The zero-order valence-electron chi connectivity index (χ0n) is 15.4. The van der Waals surface area contributed by atoms with Gasteiger partial charge in [-0.1, -0.05) is 17.7 Å². The zero-order valence-corrected chi connectivity index (χ0v) is 17.7. The van der Waals surface area contributed by atoms with Crippen LogP contribution in [0.1, 0.15) is 22.8 Å². The van der Waals surface area contributed by atoms with E-state index in [9.17, 15) is 14.7 Å². The van der Waals surface area contributed by atoms with Crippen LogP contribution in [0.4, 0.5) is 11.4 Å². The minimum atomic E-state index is -1.17. The third-order valence-electron chi connectivity index (χ3n) is 4.25. The van der Waals surface area contributed by atoms with E-state index in [0.29, 0.717) is 17.0 Å². The number of hydrogen-bond acceptors (Lipinski definition) is 4. The molecule has 1 heterocycles. The van der Waals surface area contributed by atoms with Crippen LogP contribution in [0.15, 0.2) is 51.5 Å². The number of carbonyl (C=O) groups excluding carboxylic acids is 1. The predicted molar refractivity (Wildman–Crippen MR) is 115 cm³/mol. The van der Waals surface area contributed by atoms with E-state index >= 15 is 0 Å². The standard InChI is InChI=1S/C20H17BrClN3O3/c1-11-14(8-12-4-7-18(24(2)3)16(21)9-12)19(26)25(23-11)13-5-6-17(22)15(10-13)20(27)28/h4-10H,1-3H3,(H,27,28)/b14-8+. The van der Waals surface area contributed by atoms with Gasteiger partial charge >= 0.3 is 5.97 Å². The summed E-state index contributed by atoms with van der Waals surface area (Å²) < 4.78 is 0.910. The van der Waals surface area contributed by atoms with Gasteiger partial charge in [-0.05, 0) is 64.8 Å². The van der Waals surface area contributed by atoms with Gasteiger partial charge in [0.05, 0.1) is 33.2 Å². The lowest BCUT2D eigenvalue weighted by molar-refractivity contribution is -0.114. The summed E-state index contributed by atoms with van der Waals surface area (Å²) in [6, 6.07) is 10.1. The average molecular weight is 463 g/mol. The summed E-state index contributed by atoms with van der Waals surface area (Å²) in [5, 5.41) is 14.8. The van der Waals surface area contributed by atoms with Crippen LogP contribution in [-0.2, 0) is 4.79 Å². The van der Waals surface area contributed by atoms with Gasteiger partial charge in [0.15, 0.2) is 0 Å². The molecule has 2 aromatic carbocycles. The van der Waals surface area contributed by atoms with Gasteiger partial charge in [0.2, 0.25) is 0 Å². The number of halogens is 2. The molecule has 2 aromatic rings. The molecule has 0 aliphatic carbocycles. The Morgan fingerprint density at radius 3 is 2.57 bits per heavy atom. The van der Waals surface area contributed by atoms with Gasteiger partial charge < -0.3 is 10.0 Å². The van der Waals surface area contributed by atoms with E-state index in [2.05, 4.69) is 21.0 Å². The van der Waals surface area contributed by atoms with Gasteiger partial charge in [-0.3, -0.25) is 4.79 Å². The average Bonchev–Trinajstić information content (AvgIpc) is 2.90. The van der Waals surface area contributed by atoms with Crippen LogP contribution in [0.3, 0.4) is 0 Å². The summed E-state index contributed by atoms with van der Waals surface area (Å²) in [5.74, 6) is -1.50. The Hall–Kier alpha value is -2.64. The summed E-state index contributed by atoms with van der Waals surface area (Å²) >= 11 is 9.45. The Kier molecular flexibility index (Phi) is 5.58. The molecule has 28 heavy (non-hydrogen) atoms. The summed E-state index contributed by atoms with van der Waals surface area (Å²) in [5.41, 5.74) is 3.12. The van der Waals surface area contributed by atoms with Crippen LogP contribution in [0, 0.1) is 0 Å². The first-order chi connectivity index (χ1) is 13.2. The molecule has 0 bridgehead atoms. The summed E-state index contributed by atoms with van der Waals surface area (Å²) in [6.07, 6.45) is 1.76. The van der Waals surface area contributed by atoms with E-state index in [1.165, 1.54) is 17.1 Å². The monoisotopic (exact) mass is 461 g/mol. The number of aromatic carboxylic acids is 1. The lowest BCUT2D eigenvalue weighted by Crippen LogP contribution is -2.21. The highest BCUT2D eigenvalue weighted by molar-refractivity contribution is 9.10. The van der Waals surface area contributed by atoms with Crippen molar-refractivity contribution in [3.05, 3.63) is 62.6 Å². The lowest BCUT2D eigenvalue weighted by atomic mass is 10.1. The molecule has 1 aliphatic rings. The molecule has 0 radical (unpaired) electrons. The van der Waals surface area contributed by atoms with Crippen LogP contribution in [0.5, 0.6) is 0 Å². The fraction of sp³-hybridized carbons (Fsp3) is 0.150. The van der Waals surface area contributed by atoms with Crippen molar-refractivity contribution in [2.24, 2.45) is 5.10 Å². The maximum atomic E-state index is 12.9. The van der Waals surface area contributed by atoms with E-state index in [1.54, 1.807) is 19.1 Å². The van der Waals surface area contributed by atoms with Crippen LogP contribution in [-0.4, -0.2) is 36.8 Å². The van der Waals surface area contributed by atoms with Crippen molar-refractivity contribution in [2.45, 2.75) is 6.92 Å². The highest BCUT2D eigenvalue weighted by Crippen LogP contribution is 2.30. The molecule has 0 atom stereocenters. The van der Waals surface area contributed by atoms with Gasteiger partial charge in [0, 0.05) is 18.6 Å². The molecule has 1 amide bonds. The molecular formula is C20H17BrClN3O3. The largest absolute Gasteiger partial charge is 0.478 e. The molecule has 0 unspecified atom stereocenters. The number of carbonyl (C=O) groups is 2. The van der Waals surface area contributed by atoms with Crippen molar-refractivity contribution < 1.29 is 14.7 Å². The highest BCUT2D eigenvalue weighted by Gasteiger charge is 2.29. The number of hydrogen-bond donors (Lipinski definition) is 1. The van der Waals surface area contributed by atoms with E-state index in [0.717, 1.165) is 15.7 Å². The van der Waals surface area contributed by atoms with Crippen molar-refractivity contribution in [1.29, 1.82) is 0 Å². The molecule has 0 saturated carbocycles. The predicted octanol–water partition coefficient (Wildman–Crippen LogP) is 4.67. The number of anilines is 2. The van der Waals surface area contributed by atoms with Crippen molar-refractivity contribution in [3.63, 3.8) is 0 Å². The molecule has 0 spiro atoms. The fourth-order valence-corrected chi connectivity index (χ4v) is 3.76. The number of amides is 1. The Morgan fingerprint density at radius 1 is 1.25 bits per heavy atom. The lowest BCUT2D eigenvalue weighted by Gasteiger charge is -2.15. The minimum absolute atomic E-state index is 0.0829. The van der Waals surface area contributed by atoms with Crippen molar-refractivity contribution in [2.75, 3.05) is 24.0 Å². The number of hydrazone groups is 1. The van der Waals surface area contributed by atoms with Crippen molar-refractivity contribution in [3.8, 4) is 0 Å². The molecule has 0 fully saturated rings. The third-order valence-corrected chi connectivity index (χ3v) is 5.22. The number of carboxylic acid groups (broad SMARTS) is 1. The molecular weight excluding hydrogens is 446 g/mol. The zero-order chi connectivity index (χ0) is 20.6. The maximum Gasteiger partial charge on any atom is 0.337 e. The Bertz CT molecular complexity index is 1050. The summed E-state index contributed by atoms with van der Waals surface area (Å²) in [6.45, 7) is 1.74. The quantitative estimate of drug-likeness (QED) is 0.670. The third kappa shape index (κ3) is 3.81. The smallest absolute Gasteiger partial charge is 0.337 e. The minimum Gasteiger partial charge on any atom is -0.478 e. The molecule has 0 saturated heterocycles. The van der Waals surface area contributed by atoms with Gasteiger partial charge in [-0.2, -0.15) is 10.1 Å². The molecule has 144 valence electrons. The van der Waals surface area contributed by atoms with E-state index in [1.807, 2.05) is 37.2 Å². The van der Waals surface area contributed by atoms with E-state index in [-0.39, 0.29) is 16.5 Å². The molecule has 6 nitrogen and oxygen atoms in total. The summed E-state index contributed by atoms with van der Waals surface area (Å²) in [4.78, 5) is 26.2. The molecule has 1 aliphatic heterocycles. The summed E-state index contributed by atoms with van der Waals surface area (Å²) in [7, 11) is 3.90. The second kappa shape index (κ2) is 7.77. The van der Waals surface area contributed by atoms with Gasteiger partial charge in [0.1, 0.15) is 0 Å². The maximum absolute atomic E-state index is 12.9. The number of carboxylic acids is 1. The topological polar surface area (TPSA) is 73.2 Å². The Labute approximate surface area is 175 Å². The van der Waals surface area contributed by atoms with Crippen molar-refractivity contribution in [1.82, 2.24) is 0 Å². The second-order valence-corrected chi connectivity index (χ2v) is 7.70. The fourth-order valence-electron chi connectivity index (χ4n) is 2.81. The number of nitrogens with zero attached hydrogens (tertiary/aromatic N) is 3. The van der Waals surface area contributed by atoms with Gasteiger partial charge in [-0.25, -0.2) is 4.79 Å². The SMILES string of the molecule is CC1=NN(c2ccc(Cl)c(C(=O)O)c2)C(=O)/C1=C/c1ccc(N(C)C)c(Br)c1. The second-order valence-electron chi connectivity index (χ2n) is 6.43. The van der Waals surface area contributed by atoms with Crippen LogP contribution in [0.25, 0.3) is 6.08 Å². The first-order valence-electron chi connectivity index (χ1n) is 8.30. The van der Waals surface area contributed by atoms with Crippen LogP contribution < -0.4 is 9.91 Å². The number of rotatable bonds is 4.